The van der Waals surface area contributed by atoms with Crippen LogP contribution in [-0.2, 0) is 16.0 Å². The van der Waals surface area contributed by atoms with Crippen molar-refractivity contribution in [3.63, 3.8) is 0 Å². The Labute approximate surface area is 182 Å². The van der Waals surface area contributed by atoms with Gasteiger partial charge in [0.1, 0.15) is 18.6 Å². The number of nitrogens with one attached hydrogen (secondary N) is 1. The molecule has 8 heteroatoms. The van der Waals surface area contributed by atoms with Crippen LogP contribution >= 0.6 is 0 Å². The van der Waals surface area contributed by atoms with E-state index in [1.165, 1.54) is 0 Å². The standard InChI is InChI=1S/C23H29N5O3/c1-3-5-20-22(29)24-8-7-19(12-16(2)26-20)28-9-4-6-17-13-18(14-25-21(17)28)23(30)27-10-11-31-15-27/h7-8,12-14,20H,3-6,9-11,15H2,1-2H3,(H,24,29)/b8-7-,19-12+,26-16?. The fraction of sp³-hybridized carbons (Fsp3) is 0.478. The Hall–Kier alpha value is -3.00. The lowest BCUT2D eigenvalue weighted by atomic mass is 10.0. The molecule has 0 aliphatic carbocycles. The molecule has 4 heterocycles. The highest BCUT2D eigenvalue weighted by Gasteiger charge is 2.25. The number of ether oxygens (including phenoxy) is 1. The van der Waals surface area contributed by atoms with Crippen LogP contribution in [0.1, 0.15) is 49.0 Å². The smallest absolute Gasteiger partial charge is 0.257 e. The molecule has 0 bridgehead atoms. The number of pyridine rings is 1. The zero-order valence-corrected chi connectivity index (χ0v) is 18.1. The largest absolute Gasteiger partial charge is 0.359 e. The Morgan fingerprint density at radius 1 is 1.35 bits per heavy atom. The lowest BCUT2D eigenvalue weighted by Gasteiger charge is -2.31. The Morgan fingerprint density at radius 3 is 3.00 bits per heavy atom. The first kappa shape index (κ1) is 21.2. The third-order valence-corrected chi connectivity index (χ3v) is 5.69. The van der Waals surface area contributed by atoms with Gasteiger partial charge >= 0.3 is 0 Å². The first-order valence-corrected chi connectivity index (χ1v) is 10.9. The second kappa shape index (κ2) is 9.43. The number of hydrogen-bond donors (Lipinski definition) is 1. The third-order valence-electron chi connectivity index (χ3n) is 5.69. The van der Waals surface area contributed by atoms with Crippen LogP contribution in [0.25, 0.3) is 0 Å². The SMILES string of the molecule is CCCC1N=C(C)/C=C(N2CCCc3cc(C(=O)N4CCOC4)cnc32)\C=C/NC1=O. The van der Waals surface area contributed by atoms with Crippen molar-refractivity contribution in [1.82, 2.24) is 15.2 Å². The molecule has 1 unspecified atom stereocenters. The van der Waals surface area contributed by atoms with Crippen molar-refractivity contribution in [3.8, 4) is 0 Å². The van der Waals surface area contributed by atoms with Crippen LogP contribution < -0.4 is 10.2 Å². The maximum atomic E-state index is 12.7. The molecule has 1 atom stereocenters. The summed E-state index contributed by atoms with van der Waals surface area (Å²) in [6.07, 6.45) is 10.7. The number of anilines is 1. The van der Waals surface area contributed by atoms with Gasteiger partial charge in [0.05, 0.1) is 12.2 Å². The summed E-state index contributed by atoms with van der Waals surface area (Å²) >= 11 is 0. The average Bonchev–Trinajstić information content (AvgIpc) is 3.32. The van der Waals surface area contributed by atoms with Crippen LogP contribution in [0, 0.1) is 0 Å². The van der Waals surface area contributed by atoms with E-state index in [2.05, 4.69) is 20.2 Å². The van der Waals surface area contributed by atoms with E-state index in [0.29, 0.717) is 31.9 Å². The van der Waals surface area contributed by atoms with Gasteiger partial charge < -0.3 is 19.9 Å². The third kappa shape index (κ3) is 4.69. The molecule has 2 amide bonds. The lowest BCUT2D eigenvalue weighted by Crippen LogP contribution is -2.31. The van der Waals surface area contributed by atoms with Gasteiger partial charge in [-0.15, -0.1) is 0 Å². The quantitative estimate of drug-likeness (QED) is 0.804. The number of amides is 2. The summed E-state index contributed by atoms with van der Waals surface area (Å²) < 4.78 is 5.30. The fourth-order valence-electron chi connectivity index (χ4n) is 4.13. The zero-order valence-electron chi connectivity index (χ0n) is 18.1. The van der Waals surface area contributed by atoms with Crippen LogP contribution in [0.5, 0.6) is 0 Å². The molecule has 1 aromatic heterocycles. The van der Waals surface area contributed by atoms with Crippen LogP contribution in [-0.4, -0.2) is 59.9 Å². The molecule has 3 aliphatic heterocycles. The highest BCUT2D eigenvalue weighted by atomic mass is 16.5. The summed E-state index contributed by atoms with van der Waals surface area (Å²) in [4.78, 5) is 38.2. The summed E-state index contributed by atoms with van der Waals surface area (Å²) in [5, 5.41) is 2.85. The predicted molar refractivity (Wildman–Crippen MR) is 119 cm³/mol. The minimum absolute atomic E-state index is 0.0425. The highest BCUT2D eigenvalue weighted by molar-refractivity contribution is 5.97. The average molecular weight is 424 g/mol. The molecular formula is C23H29N5O3. The van der Waals surface area contributed by atoms with Gasteiger partial charge in [-0.2, -0.15) is 0 Å². The monoisotopic (exact) mass is 423 g/mol. The van der Waals surface area contributed by atoms with Crippen molar-refractivity contribution < 1.29 is 14.3 Å². The summed E-state index contributed by atoms with van der Waals surface area (Å²) in [6, 6.07) is 1.58. The molecule has 3 aliphatic rings. The second-order valence-corrected chi connectivity index (χ2v) is 8.05. The van der Waals surface area contributed by atoms with Gasteiger partial charge in [0.25, 0.3) is 5.91 Å². The van der Waals surface area contributed by atoms with Gasteiger partial charge in [0, 0.05) is 36.9 Å². The number of rotatable bonds is 4. The number of carbonyl (C=O) groups excluding carboxylic acids is 2. The van der Waals surface area contributed by atoms with E-state index in [1.54, 1.807) is 17.3 Å². The van der Waals surface area contributed by atoms with Gasteiger partial charge in [0.2, 0.25) is 5.91 Å². The second-order valence-electron chi connectivity index (χ2n) is 8.05. The minimum Gasteiger partial charge on any atom is -0.359 e. The first-order valence-electron chi connectivity index (χ1n) is 10.9. The van der Waals surface area contributed by atoms with Crippen molar-refractivity contribution in [2.24, 2.45) is 4.99 Å². The normalized spacial score (nSPS) is 24.2. The number of hydrogen-bond acceptors (Lipinski definition) is 6. The molecule has 1 fully saturated rings. The Kier molecular flexibility index (Phi) is 6.46. The molecule has 1 N–H and O–H groups in total. The summed E-state index contributed by atoms with van der Waals surface area (Å²) in [5.41, 5.74) is 3.37. The number of aryl methyl sites for hydroxylation is 1. The lowest BCUT2D eigenvalue weighted by molar-refractivity contribution is -0.121. The van der Waals surface area contributed by atoms with Crippen molar-refractivity contribution in [2.45, 2.75) is 45.6 Å². The van der Waals surface area contributed by atoms with Gasteiger partial charge in [0.15, 0.2) is 0 Å². The summed E-state index contributed by atoms with van der Waals surface area (Å²) in [7, 11) is 0. The van der Waals surface area contributed by atoms with Gasteiger partial charge in [-0.25, -0.2) is 4.98 Å². The molecule has 0 spiro atoms. The van der Waals surface area contributed by atoms with Crippen LogP contribution in [0.2, 0.25) is 0 Å². The maximum absolute atomic E-state index is 12.7. The maximum Gasteiger partial charge on any atom is 0.257 e. The molecule has 31 heavy (non-hydrogen) atoms. The van der Waals surface area contributed by atoms with E-state index in [0.717, 1.165) is 48.6 Å². The molecule has 0 aromatic carbocycles. The van der Waals surface area contributed by atoms with Gasteiger partial charge in [-0.1, -0.05) is 13.3 Å². The van der Waals surface area contributed by atoms with Crippen molar-refractivity contribution in [3.05, 3.63) is 47.4 Å². The van der Waals surface area contributed by atoms with E-state index < -0.39 is 0 Å². The molecule has 4 rings (SSSR count). The van der Waals surface area contributed by atoms with Crippen molar-refractivity contribution in [2.75, 3.05) is 31.3 Å². The number of carbonyl (C=O) groups is 2. The number of allylic oxidation sites excluding steroid dienone is 2. The fourth-order valence-corrected chi connectivity index (χ4v) is 4.13. The summed E-state index contributed by atoms with van der Waals surface area (Å²) in [6.45, 7) is 6.31. The number of fused-ring (bicyclic) bond motifs is 1. The Morgan fingerprint density at radius 2 is 2.23 bits per heavy atom. The number of aliphatic imine (C=N–C) groups is 1. The molecular weight excluding hydrogens is 394 g/mol. The number of aromatic nitrogens is 1. The molecule has 0 saturated carbocycles. The van der Waals surface area contributed by atoms with E-state index in [-0.39, 0.29) is 17.9 Å². The van der Waals surface area contributed by atoms with Crippen LogP contribution in [0.15, 0.2) is 41.3 Å². The minimum atomic E-state index is -0.375. The first-order chi connectivity index (χ1) is 15.1. The van der Waals surface area contributed by atoms with Crippen molar-refractivity contribution >= 4 is 23.3 Å². The van der Waals surface area contributed by atoms with Crippen LogP contribution in [0.3, 0.4) is 0 Å². The summed E-state index contributed by atoms with van der Waals surface area (Å²) in [5.74, 6) is 0.720. The molecule has 0 radical (unpaired) electrons. The molecule has 1 aromatic rings. The van der Waals surface area contributed by atoms with Crippen LogP contribution in [0.4, 0.5) is 5.82 Å². The molecule has 164 valence electrons. The zero-order chi connectivity index (χ0) is 21.8. The van der Waals surface area contributed by atoms with Crippen molar-refractivity contribution in [1.29, 1.82) is 0 Å². The topological polar surface area (TPSA) is 87.1 Å². The van der Waals surface area contributed by atoms with E-state index >= 15 is 0 Å². The van der Waals surface area contributed by atoms with Gasteiger partial charge in [-0.05, 0) is 50.0 Å². The Balaban J connectivity index is 1.63. The van der Waals surface area contributed by atoms with E-state index in [1.807, 2.05) is 32.1 Å². The predicted octanol–water partition coefficient (Wildman–Crippen LogP) is 2.42. The van der Waals surface area contributed by atoms with E-state index in [9.17, 15) is 9.59 Å². The van der Waals surface area contributed by atoms with E-state index in [4.69, 9.17) is 4.74 Å². The highest BCUT2D eigenvalue weighted by Crippen LogP contribution is 2.29. The Bertz CT molecular complexity index is 947. The molecule has 8 nitrogen and oxygen atoms in total. The molecule has 1 saturated heterocycles. The number of nitrogens with zero attached hydrogens (tertiary/aromatic N) is 4. The van der Waals surface area contributed by atoms with Gasteiger partial charge in [-0.3, -0.25) is 14.6 Å².